The SMILES string of the molecule is C=CCN1CC[C@]23c4c5ccc(O)c4OC2C(N2C(=O)c4cc(Cl)c(Cl)cc4C2=O)CC[C@@]3(O)[C@H]1C5. The zero-order valence-electron chi connectivity index (χ0n) is 19.3. The summed E-state index contributed by atoms with van der Waals surface area (Å²) in [6.07, 6.45) is 3.11. The summed E-state index contributed by atoms with van der Waals surface area (Å²) in [6, 6.07) is 5.62. The fraction of sp³-hybridized carbons (Fsp3) is 0.407. The van der Waals surface area contributed by atoms with E-state index in [1.165, 1.54) is 17.0 Å². The number of ether oxygens (including phenoxy) is 1. The summed E-state index contributed by atoms with van der Waals surface area (Å²) in [5, 5.41) is 23.7. The van der Waals surface area contributed by atoms with Crippen molar-refractivity contribution < 1.29 is 24.5 Å². The molecule has 2 aromatic carbocycles. The van der Waals surface area contributed by atoms with Gasteiger partial charge in [0.1, 0.15) is 6.10 Å². The highest BCUT2D eigenvalue weighted by atomic mass is 35.5. The molecule has 2 N–H and O–H groups in total. The Kier molecular flexibility index (Phi) is 4.56. The highest BCUT2D eigenvalue weighted by molar-refractivity contribution is 6.43. The van der Waals surface area contributed by atoms with E-state index in [1.807, 2.05) is 12.1 Å². The van der Waals surface area contributed by atoms with Gasteiger partial charge in [0.15, 0.2) is 11.5 Å². The number of amides is 2. The van der Waals surface area contributed by atoms with E-state index < -0.39 is 35.0 Å². The molecule has 2 aromatic rings. The lowest BCUT2D eigenvalue weighted by Gasteiger charge is -2.64. The van der Waals surface area contributed by atoms with E-state index in [2.05, 4.69) is 11.5 Å². The van der Waals surface area contributed by atoms with Crippen LogP contribution in [0.3, 0.4) is 0 Å². The summed E-state index contributed by atoms with van der Waals surface area (Å²) < 4.78 is 6.49. The molecule has 2 unspecified atom stereocenters. The molecule has 2 amide bonds. The minimum Gasteiger partial charge on any atom is -0.504 e. The van der Waals surface area contributed by atoms with Gasteiger partial charge in [0, 0.05) is 18.2 Å². The Morgan fingerprint density at radius 2 is 1.83 bits per heavy atom. The molecule has 36 heavy (non-hydrogen) atoms. The molecule has 7 nitrogen and oxygen atoms in total. The summed E-state index contributed by atoms with van der Waals surface area (Å²) >= 11 is 12.3. The summed E-state index contributed by atoms with van der Waals surface area (Å²) in [5.74, 6) is -0.519. The first-order chi connectivity index (χ1) is 17.2. The van der Waals surface area contributed by atoms with Crippen LogP contribution in [0.2, 0.25) is 10.0 Å². The fourth-order valence-electron chi connectivity index (χ4n) is 7.81. The van der Waals surface area contributed by atoms with Crippen molar-refractivity contribution in [3.8, 4) is 11.5 Å². The molecular weight excluding hydrogens is 503 g/mol. The number of likely N-dealkylation sites (tertiary alicyclic amines) is 1. The molecule has 1 saturated carbocycles. The Balaban J connectivity index is 1.39. The molecule has 2 aliphatic carbocycles. The first kappa shape index (κ1) is 22.6. The first-order valence-electron chi connectivity index (χ1n) is 12.2. The van der Waals surface area contributed by atoms with Crippen molar-refractivity contribution in [3.63, 3.8) is 0 Å². The lowest BCUT2D eigenvalue weighted by atomic mass is 9.48. The molecular formula is C27H24Cl2N2O5. The van der Waals surface area contributed by atoms with E-state index in [1.54, 1.807) is 6.07 Å². The predicted octanol–water partition coefficient (Wildman–Crippen LogP) is 3.70. The summed E-state index contributed by atoms with van der Waals surface area (Å²) in [7, 11) is 0. The van der Waals surface area contributed by atoms with E-state index in [0.717, 1.165) is 11.1 Å². The van der Waals surface area contributed by atoms with Crippen molar-refractivity contribution in [2.45, 2.75) is 54.9 Å². The van der Waals surface area contributed by atoms with Crippen LogP contribution in [0.1, 0.15) is 51.1 Å². The molecule has 5 atom stereocenters. The zero-order valence-corrected chi connectivity index (χ0v) is 20.8. The van der Waals surface area contributed by atoms with Gasteiger partial charge in [-0.1, -0.05) is 35.3 Å². The van der Waals surface area contributed by atoms with E-state index in [0.29, 0.717) is 44.5 Å². The number of hydrogen-bond donors (Lipinski definition) is 2. The van der Waals surface area contributed by atoms with Crippen LogP contribution in [0.15, 0.2) is 36.9 Å². The molecule has 2 fully saturated rings. The van der Waals surface area contributed by atoms with E-state index in [4.69, 9.17) is 27.9 Å². The number of aliphatic hydroxyl groups is 1. The van der Waals surface area contributed by atoms with Gasteiger partial charge in [0.25, 0.3) is 11.8 Å². The fourth-order valence-corrected chi connectivity index (χ4v) is 8.13. The van der Waals surface area contributed by atoms with Crippen molar-refractivity contribution in [1.29, 1.82) is 0 Å². The molecule has 3 aliphatic heterocycles. The van der Waals surface area contributed by atoms with E-state index in [9.17, 15) is 19.8 Å². The number of hydrogen-bond acceptors (Lipinski definition) is 6. The van der Waals surface area contributed by atoms with E-state index in [-0.39, 0.29) is 33.0 Å². The number of piperidine rings is 1. The Hall–Kier alpha value is -2.58. The van der Waals surface area contributed by atoms with Gasteiger partial charge in [-0.25, -0.2) is 0 Å². The van der Waals surface area contributed by atoms with Crippen LogP contribution < -0.4 is 4.74 Å². The Bertz CT molecular complexity index is 1350. The van der Waals surface area contributed by atoms with Gasteiger partial charge in [-0.05, 0) is 56.0 Å². The lowest BCUT2D eigenvalue weighted by molar-refractivity contribution is -0.194. The van der Waals surface area contributed by atoms with E-state index >= 15 is 0 Å². The monoisotopic (exact) mass is 526 g/mol. The second-order valence-electron chi connectivity index (χ2n) is 10.5. The predicted molar refractivity (Wildman–Crippen MR) is 133 cm³/mol. The van der Waals surface area contributed by atoms with Crippen LogP contribution in [0, 0.1) is 0 Å². The van der Waals surface area contributed by atoms with Crippen LogP contribution in [0.5, 0.6) is 11.5 Å². The van der Waals surface area contributed by atoms with Crippen LogP contribution in [0.25, 0.3) is 0 Å². The minimum absolute atomic E-state index is 0.00604. The minimum atomic E-state index is -1.15. The number of benzene rings is 2. The molecule has 2 bridgehead atoms. The number of halogens is 2. The third-order valence-corrected chi connectivity index (χ3v) is 9.92. The lowest BCUT2D eigenvalue weighted by Crippen LogP contribution is -2.78. The third-order valence-electron chi connectivity index (χ3n) is 9.20. The summed E-state index contributed by atoms with van der Waals surface area (Å²) in [4.78, 5) is 30.7. The normalized spacial score (nSPS) is 33.9. The summed E-state index contributed by atoms with van der Waals surface area (Å²) in [5.41, 5.74) is 0.285. The van der Waals surface area contributed by atoms with Crippen molar-refractivity contribution in [2.24, 2.45) is 0 Å². The van der Waals surface area contributed by atoms with Crippen molar-refractivity contribution in [1.82, 2.24) is 9.80 Å². The number of nitrogens with zero attached hydrogens (tertiary/aromatic N) is 2. The number of fused-ring (bicyclic) bond motifs is 1. The van der Waals surface area contributed by atoms with Crippen LogP contribution in [-0.4, -0.2) is 68.7 Å². The quantitative estimate of drug-likeness (QED) is 0.468. The maximum Gasteiger partial charge on any atom is 0.261 e. The number of phenols is 1. The van der Waals surface area contributed by atoms with Gasteiger partial charge in [0.2, 0.25) is 0 Å². The summed E-state index contributed by atoms with van der Waals surface area (Å²) in [6.45, 7) is 5.25. The van der Waals surface area contributed by atoms with Crippen molar-refractivity contribution in [2.75, 3.05) is 13.1 Å². The molecule has 0 radical (unpaired) electrons. The third kappa shape index (κ3) is 2.47. The number of imide groups is 1. The number of carbonyl (C=O) groups is 2. The Labute approximate surface area is 217 Å². The average molecular weight is 527 g/mol. The van der Waals surface area contributed by atoms with Crippen molar-refractivity contribution in [3.05, 3.63) is 69.2 Å². The smallest absolute Gasteiger partial charge is 0.261 e. The average Bonchev–Trinajstić information content (AvgIpc) is 3.31. The number of rotatable bonds is 3. The topological polar surface area (TPSA) is 90.3 Å². The van der Waals surface area contributed by atoms with Gasteiger partial charge in [-0.3, -0.25) is 19.4 Å². The second-order valence-corrected chi connectivity index (χ2v) is 11.3. The van der Waals surface area contributed by atoms with Gasteiger partial charge in [0.05, 0.1) is 38.2 Å². The first-order valence-corrected chi connectivity index (χ1v) is 12.9. The van der Waals surface area contributed by atoms with Gasteiger partial charge in [-0.2, -0.15) is 0 Å². The van der Waals surface area contributed by atoms with Gasteiger partial charge < -0.3 is 14.9 Å². The van der Waals surface area contributed by atoms with Gasteiger partial charge >= 0.3 is 0 Å². The molecule has 3 heterocycles. The zero-order chi connectivity index (χ0) is 25.1. The second kappa shape index (κ2) is 7.25. The molecule has 9 heteroatoms. The highest BCUT2D eigenvalue weighted by Crippen LogP contribution is 2.66. The standard InChI is InChI=1S/C27H24Cl2N2O5/c1-2-8-30-9-7-26-21-13-3-4-19(32)22(21)36-23(26)18(5-6-27(26,35)20(30)10-13)31-24(33)14-11-16(28)17(29)12-15(14)25(31)34/h2-4,11-12,18,20,23,32,35H,1,5-10H2/t18?,20-,23?,26+,27-/m1/s1. The van der Waals surface area contributed by atoms with Crippen LogP contribution in [-0.2, 0) is 11.8 Å². The van der Waals surface area contributed by atoms with Crippen LogP contribution in [0.4, 0.5) is 0 Å². The Morgan fingerprint density at radius 1 is 1.14 bits per heavy atom. The maximum absolute atomic E-state index is 13.6. The molecule has 1 spiro atoms. The molecule has 5 aliphatic rings. The maximum atomic E-state index is 13.6. The molecule has 186 valence electrons. The highest BCUT2D eigenvalue weighted by Gasteiger charge is 2.74. The molecule has 7 rings (SSSR count). The molecule has 0 aromatic heterocycles. The largest absolute Gasteiger partial charge is 0.504 e. The molecule has 1 saturated heterocycles. The van der Waals surface area contributed by atoms with Crippen molar-refractivity contribution >= 4 is 35.0 Å². The number of carbonyl (C=O) groups excluding carboxylic acids is 2. The number of aromatic hydroxyl groups is 1. The Morgan fingerprint density at radius 3 is 2.50 bits per heavy atom. The van der Waals surface area contributed by atoms with Crippen LogP contribution >= 0.6 is 23.2 Å². The number of phenolic OH excluding ortho intramolecular Hbond substituents is 1. The van der Waals surface area contributed by atoms with Gasteiger partial charge in [-0.15, -0.1) is 6.58 Å².